The zero-order chi connectivity index (χ0) is 15.7. The number of carbonyl (C=O) groups excluding carboxylic acids is 2. The first-order valence-electron chi connectivity index (χ1n) is 7.04. The number of rotatable bonds is 9. The zero-order valence-electron chi connectivity index (χ0n) is 12.9. The van der Waals surface area contributed by atoms with E-state index in [1.807, 2.05) is 19.1 Å². The van der Waals surface area contributed by atoms with Gasteiger partial charge in [0.05, 0.1) is 26.2 Å². The van der Waals surface area contributed by atoms with Crippen LogP contribution in [0.4, 0.5) is 0 Å². The van der Waals surface area contributed by atoms with Crippen molar-refractivity contribution in [3.63, 3.8) is 0 Å². The number of nitrogens with zero attached hydrogens (tertiary/aromatic N) is 1. The first kappa shape index (κ1) is 17.2. The summed E-state index contributed by atoms with van der Waals surface area (Å²) in [5.74, 6) is 1.05. The predicted octanol–water partition coefficient (Wildman–Crippen LogP) is 1.91. The number of carbonyl (C=O) groups is 2. The summed E-state index contributed by atoms with van der Waals surface area (Å²) in [4.78, 5) is 25.1. The fourth-order valence-corrected chi connectivity index (χ4v) is 1.85. The lowest BCUT2D eigenvalue weighted by Gasteiger charge is -2.21. The van der Waals surface area contributed by atoms with Crippen LogP contribution in [0.3, 0.4) is 0 Å². The lowest BCUT2D eigenvalue weighted by Crippen LogP contribution is -2.33. The third kappa shape index (κ3) is 6.44. The standard InChI is InChI=1S/C15H23NO5/c1-4-20-15(18)8-7-14(17)16(9-10-19-3)11-13-6-5-12(2)21-13/h5-6H,4,7-11H2,1-3H3. The molecule has 0 radical (unpaired) electrons. The minimum absolute atomic E-state index is 0.0906. The van der Waals surface area contributed by atoms with Gasteiger partial charge in [0.1, 0.15) is 11.5 Å². The summed E-state index contributed by atoms with van der Waals surface area (Å²) >= 11 is 0. The molecule has 0 unspecified atom stereocenters. The number of hydrogen-bond acceptors (Lipinski definition) is 5. The summed E-state index contributed by atoms with van der Waals surface area (Å²) in [6.45, 7) is 5.18. The van der Waals surface area contributed by atoms with Crippen LogP contribution < -0.4 is 0 Å². The molecule has 1 heterocycles. The van der Waals surface area contributed by atoms with E-state index in [-0.39, 0.29) is 24.7 Å². The van der Waals surface area contributed by atoms with Crippen molar-refractivity contribution in [2.75, 3.05) is 26.9 Å². The van der Waals surface area contributed by atoms with Crippen LogP contribution in [0.2, 0.25) is 0 Å². The van der Waals surface area contributed by atoms with Gasteiger partial charge in [-0.2, -0.15) is 0 Å². The normalized spacial score (nSPS) is 10.4. The van der Waals surface area contributed by atoms with Crippen molar-refractivity contribution < 1.29 is 23.5 Å². The monoisotopic (exact) mass is 297 g/mol. The minimum Gasteiger partial charge on any atom is -0.466 e. The second-order valence-electron chi connectivity index (χ2n) is 4.63. The topological polar surface area (TPSA) is 69.0 Å². The van der Waals surface area contributed by atoms with Gasteiger partial charge in [0.2, 0.25) is 5.91 Å². The highest BCUT2D eigenvalue weighted by Crippen LogP contribution is 2.11. The number of methoxy groups -OCH3 is 1. The molecule has 0 bridgehead atoms. The van der Waals surface area contributed by atoms with E-state index in [0.29, 0.717) is 32.1 Å². The molecule has 0 aliphatic heterocycles. The molecule has 0 atom stereocenters. The Hall–Kier alpha value is -1.82. The molecule has 0 saturated heterocycles. The van der Waals surface area contributed by atoms with E-state index in [1.165, 1.54) is 0 Å². The average molecular weight is 297 g/mol. The van der Waals surface area contributed by atoms with Crippen LogP contribution in [0, 0.1) is 6.92 Å². The number of ether oxygens (including phenoxy) is 2. The quantitative estimate of drug-likeness (QED) is 0.651. The van der Waals surface area contributed by atoms with E-state index in [2.05, 4.69) is 0 Å². The number of amides is 1. The highest BCUT2D eigenvalue weighted by Gasteiger charge is 2.17. The number of furan rings is 1. The molecule has 6 heteroatoms. The number of esters is 1. The van der Waals surface area contributed by atoms with Crippen LogP contribution in [0.15, 0.2) is 16.5 Å². The second kappa shape index (κ2) is 9.18. The summed E-state index contributed by atoms with van der Waals surface area (Å²) in [6.07, 6.45) is 0.218. The molecule has 1 aromatic heterocycles. The van der Waals surface area contributed by atoms with Crippen LogP contribution >= 0.6 is 0 Å². The number of aryl methyl sites for hydroxylation is 1. The smallest absolute Gasteiger partial charge is 0.306 e. The Morgan fingerprint density at radius 2 is 2.05 bits per heavy atom. The van der Waals surface area contributed by atoms with Gasteiger partial charge in [-0.15, -0.1) is 0 Å². The third-order valence-corrected chi connectivity index (χ3v) is 2.91. The van der Waals surface area contributed by atoms with Gasteiger partial charge >= 0.3 is 5.97 Å². The molecule has 118 valence electrons. The van der Waals surface area contributed by atoms with Gasteiger partial charge in [-0.25, -0.2) is 0 Å². The van der Waals surface area contributed by atoms with E-state index in [0.717, 1.165) is 5.76 Å². The van der Waals surface area contributed by atoms with Crippen LogP contribution in [-0.2, 0) is 25.6 Å². The summed E-state index contributed by atoms with van der Waals surface area (Å²) in [5, 5.41) is 0. The largest absolute Gasteiger partial charge is 0.466 e. The molecule has 0 aliphatic carbocycles. The van der Waals surface area contributed by atoms with Crippen molar-refractivity contribution in [1.82, 2.24) is 4.90 Å². The van der Waals surface area contributed by atoms with Crippen molar-refractivity contribution >= 4 is 11.9 Å². The van der Waals surface area contributed by atoms with Gasteiger partial charge in [-0.3, -0.25) is 9.59 Å². The van der Waals surface area contributed by atoms with Crippen LogP contribution in [-0.4, -0.2) is 43.6 Å². The maximum Gasteiger partial charge on any atom is 0.306 e. The third-order valence-electron chi connectivity index (χ3n) is 2.91. The molecule has 0 N–H and O–H groups in total. The van der Waals surface area contributed by atoms with Gasteiger partial charge in [0, 0.05) is 20.1 Å². The van der Waals surface area contributed by atoms with E-state index in [4.69, 9.17) is 13.9 Å². The molecule has 1 rings (SSSR count). The lowest BCUT2D eigenvalue weighted by atomic mass is 10.2. The summed E-state index contributed by atoms with van der Waals surface area (Å²) in [6, 6.07) is 3.70. The SMILES string of the molecule is CCOC(=O)CCC(=O)N(CCOC)Cc1ccc(C)o1. The average Bonchev–Trinajstić information content (AvgIpc) is 2.86. The Morgan fingerprint density at radius 3 is 2.62 bits per heavy atom. The van der Waals surface area contributed by atoms with E-state index in [9.17, 15) is 9.59 Å². The van der Waals surface area contributed by atoms with Gasteiger partial charge in [-0.05, 0) is 26.0 Å². The second-order valence-corrected chi connectivity index (χ2v) is 4.63. The molecule has 0 fully saturated rings. The Labute approximate surface area is 125 Å². The summed E-state index contributed by atoms with van der Waals surface area (Å²) in [5.41, 5.74) is 0. The van der Waals surface area contributed by atoms with Gasteiger partial charge < -0.3 is 18.8 Å². The van der Waals surface area contributed by atoms with E-state index in [1.54, 1.807) is 18.9 Å². The molecule has 1 aromatic rings. The fourth-order valence-electron chi connectivity index (χ4n) is 1.85. The van der Waals surface area contributed by atoms with Gasteiger partial charge in [-0.1, -0.05) is 0 Å². The van der Waals surface area contributed by atoms with Crippen molar-refractivity contribution in [1.29, 1.82) is 0 Å². The molecule has 0 spiro atoms. The van der Waals surface area contributed by atoms with Crippen LogP contribution in [0.25, 0.3) is 0 Å². The minimum atomic E-state index is -0.355. The maximum absolute atomic E-state index is 12.2. The Kier molecular flexibility index (Phi) is 7.53. The van der Waals surface area contributed by atoms with E-state index >= 15 is 0 Å². The zero-order valence-corrected chi connectivity index (χ0v) is 12.9. The Balaban J connectivity index is 2.54. The maximum atomic E-state index is 12.2. The molecule has 6 nitrogen and oxygen atoms in total. The first-order valence-corrected chi connectivity index (χ1v) is 7.04. The molecule has 1 amide bonds. The van der Waals surface area contributed by atoms with Crippen molar-refractivity contribution in [3.8, 4) is 0 Å². The van der Waals surface area contributed by atoms with Crippen molar-refractivity contribution in [2.24, 2.45) is 0 Å². The molecule has 0 saturated carbocycles. The van der Waals surface area contributed by atoms with Crippen molar-refractivity contribution in [3.05, 3.63) is 23.7 Å². The van der Waals surface area contributed by atoms with Gasteiger partial charge in [0.15, 0.2) is 0 Å². The van der Waals surface area contributed by atoms with Crippen LogP contribution in [0.1, 0.15) is 31.3 Å². The Bertz CT molecular complexity index is 455. The molecule has 0 aromatic carbocycles. The molecular weight excluding hydrogens is 274 g/mol. The van der Waals surface area contributed by atoms with Crippen molar-refractivity contribution in [2.45, 2.75) is 33.2 Å². The van der Waals surface area contributed by atoms with Gasteiger partial charge in [0.25, 0.3) is 0 Å². The highest BCUT2D eigenvalue weighted by atomic mass is 16.5. The number of hydrogen-bond donors (Lipinski definition) is 0. The van der Waals surface area contributed by atoms with E-state index < -0.39 is 0 Å². The summed E-state index contributed by atoms with van der Waals surface area (Å²) < 4.78 is 15.3. The molecular formula is C15H23NO5. The predicted molar refractivity (Wildman–Crippen MR) is 76.6 cm³/mol. The summed E-state index contributed by atoms with van der Waals surface area (Å²) in [7, 11) is 1.58. The highest BCUT2D eigenvalue weighted by molar-refractivity contribution is 5.81. The molecule has 0 aliphatic rings. The fraction of sp³-hybridized carbons (Fsp3) is 0.600. The Morgan fingerprint density at radius 1 is 1.29 bits per heavy atom. The van der Waals surface area contributed by atoms with Crippen LogP contribution in [0.5, 0.6) is 0 Å². The lowest BCUT2D eigenvalue weighted by molar-refractivity contribution is -0.146. The first-order chi connectivity index (χ1) is 10.1. The molecule has 21 heavy (non-hydrogen) atoms.